The zero-order valence-electron chi connectivity index (χ0n) is 68.6. The quantitative estimate of drug-likeness (QED) is 0.0182. The monoisotopic (exact) mass is 1520 g/mol. The van der Waals surface area contributed by atoms with Crippen molar-refractivity contribution in [2.75, 3.05) is 20.3 Å². The summed E-state index contributed by atoms with van der Waals surface area (Å²) in [5, 5.41) is 0.267. The van der Waals surface area contributed by atoms with Crippen LogP contribution in [-0.4, -0.2) is 128 Å². The standard InChI is InChI=1S/C12H20OSi.C12H16O.C11H14O3.C10H14O2.C9H14OSi.C8H8O2.C4H12OSi.5C3H10Si/c1-12(2,3)14(4,5)13-11-9-7-6-8-10-11;1-12(9-5-6-10-12)13-11-7-3-2-4-8-11;1-11(2,3)14-10(12)13-9-7-5-4-6-8-9;1-3-11-9(2)12-10-7-5-4-6-8-10;1-11(2,3)10-9-7-5-4-6-8-9;1-7(9)10-8-5-3-2-4-6-8;1-5-3-2-4-6;5*1-2-3-4/h6-10H,1-5H3;2-4,7-8H,5-6,9-10H2,1H3;4-8H,1-3H3;4-9H,3H2,1-2H3;4-8H,1-3H3;2-6H,1H3;2-4H2,1,6H3;5*2-3H2,1,4H3. The Balaban J connectivity index is -0.000000338. The Bertz CT molecular complexity index is 2610. The summed E-state index contributed by atoms with van der Waals surface area (Å²) in [6.45, 7) is 43.3. The van der Waals surface area contributed by atoms with Crippen LogP contribution in [0.4, 0.5) is 4.79 Å². The van der Waals surface area contributed by atoms with Crippen molar-refractivity contribution in [3.8, 4) is 34.5 Å². The first-order valence-electron chi connectivity index (χ1n) is 37.5. The molecule has 0 radical (unpaired) electrons. The van der Waals surface area contributed by atoms with E-state index in [1.807, 2.05) is 159 Å². The molecule has 1 fully saturated rings. The minimum absolute atomic E-state index is 0.0986. The molecule has 1 aliphatic carbocycles. The summed E-state index contributed by atoms with van der Waals surface area (Å²) in [4.78, 5) is 21.6. The van der Waals surface area contributed by atoms with E-state index in [2.05, 4.69) is 95.0 Å². The largest absolute Gasteiger partial charge is 0.544 e. The summed E-state index contributed by atoms with van der Waals surface area (Å²) in [5.74, 6) is 4.64. The lowest BCUT2D eigenvalue weighted by molar-refractivity contribution is -0.131. The molecule has 1 atom stereocenters. The Labute approximate surface area is 634 Å². The zero-order valence-corrected chi connectivity index (χ0v) is 82.6. The van der Waals surface area contributed by atoms with Crippen molar-refractivity contribution in [3.05, 3.63) is 182 Å². The van der Waals surface area contributed by atoms with Gasteiger partial charge in [-0.05, 0) is 184 Å². The lowest BCUT2D eigenvalue weighted by atomic mass is 10.1. The van der Waals surface area contributed by atoms with Crippen LogP contribution >= 0.6 is 0 Å². The van der Waals surface area contributed by atoms with Gasteiger partial charge in [0.25, 0.3) is 0 Å². The first-order valence-corrected chi connectivity index (χ1v) is 52.3. The number of carbonyl (C=O) groups is 2. The molecule has 0 saturated heterocycles. The van der Waals surface area contributed by atoms with E-state index in [4.69, 9.17) is 42.0 Å². The van der Waals surface area contributed by atoms with Crippen molar-refractivity contribution in [2.24, 2.45) is 0 Å². The molecule has 0 heterocycles. The van der Waals surface area contributed by atoms with E-state index in [0.29, 0.717) is 18.1 Å². The summed E-state index contributed by atoms with van der Waals surface area (Å²) in [6.07, 6.45) is 12.3. The van der Waals surface area contributed by atoms with E-state index < -0.39 is 28.4 Å². The second kappa shape index (κ2) is 68.3. The molecule has 1 saturated carbocycles. The number of rotatable bonds is 20. The SMILES string of the molecule is CC(=O)Oc1ccccc1.CC(C)(C)OC(=O)Oc1ccccc1.CC(C)(C)[Si](C)(C)Oc1ccccc1.CC1(Oc2ccccc2)CCCC1.CCC[SiH3].CCC[SiH3].CCC[SiH3].CCC[SiH3].CCC[SiH3].CCOC(C)Oc1ccccc1.COCCC[SiH3].C[Si](C)(C)Oc1ccccc1. The van der Waals surface area contributed by atoms with Gasteiger partial charge in [0.1, 0.15) is 45.7 Å². The van der Waals surface area contributed by atoms with Crippen molar-refractivity contribution in [2.45, 2.75) is 260 Å². The number of esters is 1. The van der Waals surface area contributed by atoms with Crippen molar-refractivity contribution in [1.29, 1.82) is 0 Å². The third-order valence-corrected chi connectivity index (χ3v) is 24.8. The number of carbonyl (C=O) groups excluding carboxylic acids is 2. The van der Waals surface area contributed by atoms with Gasteiger partial charge in [0.2, 0.25) is 16.6 Å². The van der Waals surface area contributed by atoms with Gasteiger partial charge in [0.15, 0.2) is 6.29 Å². The minimum atomic E-state index is -1.65. The molecule has 0 aliphatic heterocycles. The summed E-state index contributed by atoms with van der Waals surface area (Å²) in [6, 6.07) is 66.3. The Morgan fingerprint density at radius 1 is 0.470 bits per heavy atom. The molecule has 0 bridgehead atoms. The Kier molecular flexibility index (Phi) is 70.8. The zero-order chi connectivity index (χ0) is 77.0. The van der Waals surface area contributed by atoms with Gasteiger partial charge in [-0.25, -0.2) is 4.79 Å². The highest BCUT2D eigenvalue weighted by Crippen LogP contribution is 2.37. The Morgan fingerprint density at radius 3 is 1.05 bits per heavy atom. The van der Waals surface area contributed by atoms with Crippen LogP contribution in [0.5, 0.6) is 34.5 Å². The van der Waals surface area contributed by atoms with Crippen molar-refractivity contribution >= 4 is 90.2 Å². The Morgan fingerprint density at radius 2 is 0.780 bits per heavy atom. The van der Waals surface area contributed by atoms with E-state index in [-0.39, 0.29) is 22.9 Å². The summed E-state index contributed by atoms with van der Waals surface area (Å²) < 4.78 is 48.0. The van der Waals surface area contributed by atoms with E-state index in [1.165, 1.54) is 169 Å². The van der Waals surface area contributed by atoms with Crippen LogP contribution in [-0.2, 0) is 19.0 Å². The minimum Gasteiger partial charge on any atom is -0.544 e. The molecule has 11 nitrogen and oxygen atoms in total. The number of benzene rings is 6. The van der Waals surface area contributed by atoms with E-state index in [0.717, 1.165) is 29.6 Å². The van der Waals surface area contributed by atoms with Crippen molar-refractivity contribution < 1.29 is 51.6 Å². The molecule has 1 aliphatic rings. The van der Waals surface area contributed by atoms with Crippen LogP contribution in [0.3, 0.4) is 0 Å². The summed E-state index contributed by atoms with van der Waals surface area (Å²) in [7, 11) is 6.98. The molecular formula is C81H148O11Si8. The maximum absolute atomic E-state index is 11.2. The number of hydrogen-bond donors (Lipinski definition) is 0. The van der Waals surface area contributed by atoms with Crippen molar-refractivity contribution in [1.82, 2.24) is 0 Å². The van der Waals surface area contributed by atoms with Crippen molar-refractivity contribution in [3.63, 3.8) is 0 Å². The van der Waals surface area contributed by atoms with Gasteiger partial charge in [0.05, 0.1) is 0 Å². The number of hydrogen-bond acceptors (Lipinski definition) is 11. The van der Waals surface area contributed by atoms with Gasteiger partial charge in [-0.2, -0.15) is 0 Å². The van der Waals surface area contributed by atoms with Gasteiger partial charge in [-0.3, -0.25) is 4.79 Å². The van der Waals surface area contributed by atoms with Gasteiger partial charge in [-0.15, -0.1) is 0 Å². The van der Waals surface area contributed by atoms with Gasteiger partial charge in [-0.1, -0.05) is 233 Å². The molecular weight excluding hydrogens is 1370 g/mol. The topological polar surface area (TPSA) is 117 Å². The number of para-hydroxylation sites is 6. The average molecular weight is 1520 g/mol. The summed E-state index contributed by atoms with van der Waals surface area (Å²) in [5.41, 5.74) is -0.423. The predicted molar refractivity (Wildman–Crippen MR) is 464 cm³/mol. The van der Waals surface area contributed by atoms with Gasteiger partial charge < -0.3 is 42.0 Å². The highest BCUT2D eigenvalue weighted by molar-refractivity contribution is 6.74. The molecule has 0 amide bonds. The summed E-state index contributed by atoms with van der Waals surface area (Å²) >= 11 is 0. The fraction of sp³-hybridized carbons (Fsp3) is 0.531. The fourth-order valence-corrected chi connectivity index (χ4v) is 8.70. The lowest BCUT2D eigenvalue weighted by Gasteiger charge is -2.36. The van der Waals surface area contributed by atoms with E-state index in [1.54, 1.807) is 64.3 Å². The first-order chi connectivity index (χ1) is 47.3. The second-order valence-corrected chi connectivity index (χ2v) is 42.5. The Hall–Kier alpha value is -5.08. The highest BCUT2D eigenvalue weighted by atomic mass is 28.4. The van der Waals surface area contributed by atoms with E-state index >= 15 is 0 Å². The lowest BCUT2D eigenvalue weighted by Crippen LogP contribution is -2.43. The van der Waals surface area contributed by atoms with E-state index in [9.17, 15) is 9.59 Å². The molecule has 100 heavy (non-hydrogen) atoms. The second-order valence-electron chi connectivity index (χ2n) is 27.4. The molecule has 7 rings (SSSR count). The third kappa shape index (κ3) is 72.7. The third-order valence-electron chi connectivity index (χ3n) is 13.8. The van der Waals surface area contributed by atoms with Gasteiger partial charge >= 0.3 is 12.1 Å². The number of ether oxygens (including phenoxy) is 7. The molecule has 1 unspecified atom stereocenters. The van der Waals surface area contributed by atoms with Crippen LogP contribution in [0, 0.1) is 0 Å². The molecule has 6 aromatic carbocycles. The fourth-order valence-electron chi connectivity index (χ4n) is 6.53. The molecule has 6 aromatic rings. The van der Waals surface area contributed by atoms with Crippen LogP contribution in [0.1, 0.15) is 168 Å². The van der Waals surface area contributed by atoms with Gasteiger partial charge in [0, 0.05) is 88.7 Å². The molecule has 19 heteroatoms. The average Bonchev–Trinajstić information content (AvgIpc) is 0.964. The molecule has 0 aromatic heterocycles. The molecule has 0 N–H and O–H groups in total. The van der Waals surface area contributed by atoms with Crippen LogP contribution in [0.2, 0.25) is 74.0 Å². The van der Waals surface area contributed by atoms with Crippen LogP contribution < -0.4 is 27.8 Å². The molecule has 570 valence electrons. The highest BCUT2D eigenvalue weighted by Gasteiger charge is 2.39. The predicted octanol–water partition coefficient (Wildman–Crippen LogP) is 18.1. The van der Waals surface area contributed by atoms with Crippen LogP contribution in [0.25, 0.3) is 0 Å². The maximum atomic E-state index is 11.2. The first kappa shape index (κ1) is 104. The normalized spacial score (nSPS) is 11.7. The molecule has 0 spiro atoms. The smallest absolute Gasteiger partial charge is 0.514 e. The van der Waals surface area contributed by atoms with Crippen LogP contribution in [0.15, 0.2) is 182 Å². The number of methoxy groups -OCH3 is 1. The maximum Gasteiger partial charge on any atom is 0.514 e.